The van der Waals surface area contributed by atoms with Crippen LogP contribution in [0.25, 0.3) is 0 Å². The van der Waals surface area contributed by atoms with Crippen molar-refractivity contribution in [1.29, 1.82) is 0 Å². The van der Waals surface area contributed by atoms with E-state index in [1.807, 2.05) is 0 Å². The molecule has 5 nitrogen and oxygen atoms in total. The third-order valence-electron chi connectivity index (χ3n) is 3.68. The maximum atomic E-state index is 10.7. The van der Waals surface area contributed by atoms with E-state index in [2.05, 4.69) is 32.6 Å². The van der Waals surface area contributed by atoms with Crippen LogP contribution in [0.3, 0.4) is 0 Å². The molecule has 0 aliphatic carbocycles. The van der Waals surface area contributed by atoms with Crippen LogP contribution in [0.15, 0.2) is 29.3 Å². The lowest BCUT2D eigenvalue weighted by molar-refractivity contribution is -0.384. The first-order valence-corrected chi connectivity index (χ1v) is 9.08. The Morgan fingerprint density at radius 1 is 1.26 bits per heavy atom. The normalized spacial score (nSPS) is 20.0. The molecule has 1 aliphatic heterocycles. The molecule has 1 aromatic carbocycles. The molecule has 1 atom stereocenters. The predicted molar refractivity (Wildman–Crippen MR) is 97.4 cm³/mol. The first kappa shape index (κ1) is 17.8. The smallest absolute Gasteiger partial charge is 0.269 e. The van der Waals surface area contributed by atoms with Crippen LogP contribution in [0.1, 0.15) is 34.1 Å². The third kappa shape index (κ3) is 4.96. The number of amidine groups is 1. The highest BCUT2D eigenvalue weighted by Crippen LogP contribution is 2.31. The average Bonchev–Trinajstić information content (AvgIpc) is 2.81. The summed E-state index contributed by atoms with van der Waals surface area (Å²) in [4.78, 5) is 17.5. The lowest BCUT2D eigenvalue weighted by Gasteiger charge is -2.28. The Balaban J connectivity index is 2.19. The number of benzene rings is 1. The number of hydrogen-bond donors (Lipinski definition) is 0. The van der Waals surface area contributed by atoms with Crippen molar-refractivity contribution in [3.63, 3.8) is 0 Å². The van der Waals surface area contributed by atoms with Crippen LogP contribution in [0.2, 0.25) is 0 Å². The molecule has 1 heterocycles. The van der Waals surface area contributed by atoms with Crippen molar-refractivity contribution in [1.82, 2.24) is 4.90 Å². The van der Waals surface area contributed by atoms with Crippen molar-refractivity contribution in [3.8, 4) is 0 Å². The summed E-state index contributed by atoms with van der Waals surface area (Å²) < 4.78 is 0. The number of nitrogens with zero attached hydrogens (tertiary/aromatic N) is 3. The molecular weight excluding hydrogens is 310 g/mol. The van der Waals surface area contributed by atoms with Gasteiger partial charge in [-0.15, -0.1) is 0 Å². The van der Waals surface area contributed by atoms with E-state index >= 15 is 0 Å². The number of non-ortho nitro benzene ring substituents is 1. The molecule has 0 spiro atoms. The minimum Gasteiger partial charge on any atom is -0.347 e. The molecule has 1 saturated heterocycles. The Hall–Kier alpha value is -1.56. The molecule has 2 rings (SSSR count). The van der Waals surface area contributed by atoms with Crippen LogP contribution < -0.4 is 0 Å². The second-order valence-electron chi connectivity index (χ2n) is 6.81. The van der Waals surface area contributed by atoms with E-state index in [-0.39, 0.29) is 10.6 Å². The highest BCUT2D eigenvalue weighted by Gasteiger charge is 2.30. The summed E-state index contributed by atoms with van der Waals surface area (Å²) in [6.07, 6.45) is 1.17. The van der Waals surface area contributed by atoms with Gasteiger partial charge < -0.3 is 4.90 Å². The van der Waals surface area contributed by atoms with Crippen LogP contribution in [0.4, 0.5) is 11.4 Å². The number of hydrogen-bond acceptors (Lipinski definition) is 4. The zero-order chi connectivity index (χ0) is 17.0. The van der Waals surface area contributed by atoms with E-state index < -0.39 is 0 Å². The maximum Gasteiger partial charge on any atom is 0.269 e. The predicted octanol–water partition coefficient (Wildman–Crippen LogP) is 4.70. The summed E-state index contributed by atoms with van der Waals surface area (Å²) in [5.41, 5.74) is 0.877. The molecule has 0 saturated carbocycles. The van der Waals surface area contributed by atoms with Crippen LogP contribution in [-0.2, 0) is 0 Å². The minimum atomic E-state index is -0.384. The van der Waals surface area contributed by atoms with E-state index in [1.54, 1.807) is 23.9 Å². The minimum absolute atomic E-state index is 0.102. The third-order valence-corrected chi connectivity index (χ3v) is 4.82. The highest BCUT2D eigenvalue weighted by atomic mass is 32.2. The summed E-state index contributed by atoms with van der Waals surface area (Å²) in [7, 11) is 0. The van der Waals surface area contributed by atoms with E-state index in [0.29, 0.717) is 17.9 Å². The fourth-order valence-electron chi connectivity index (χ4n) is 2.72. The number of aliphatic imine (C=N–C) groups is 1. The van der Waals surface area contributed by atoms with Gasteiger partial charge in [0.05, 0.1) is 10.6 Å². The Morgan fingerprint density at radius 3 is 2.43 bits per heavy atom. The molecule has 0 bridgehead atoms. The van der Waals surface area contributed by atoms with Gasteiger partial charge in [-0.2, -0.15) is 0 Å². The zero-order valence-electron chi connectivity index (χ0n) is 14.2. The molecule has 1 fully saturated rings. The molecule has 0 radical (unpaired) electrons. The standard InChI is InChI=1S/C17H25N3O2S/c1-12(2)9-16-11-23-17(19(16)10-13(3)4)18-14-5-7-15(8-6-14)20(21)22/h5-8,12-13,16H,9-11H2,1-4H3. The molecule has 6 heteroatoms. The van der Waals surface area contributed by atoms with Gasteiger partial charge in [-0.05, 0) is 30.4 Å². The topological polar surface area (TPSA) is 58.7 Å². The Kier molecular flexibility index (Phi) is 6.04. The molecular formula is C17H25N3O2S. The summed E-state index contributed by atoms with van der Waals surface area (Å²) in [6.45, 7) is 9.95. The zero-order valence-corrected chi connectivity index (χ0v) is 15.0. The summed E-state index contributed by atoms with van der Waals surface area (Å²) >= 11 is 1.79. The fraction of sp³-hybridized carbons (Fsp3) is 0.588. The van der Waals surface area contributed by atoms with E-state index in [1.165, 1.54) is 18.6 Å². The van der Waals surface area contributed by atoms with Gasteiger partial charge in [0, 0.05) is 30.5 Å². The van der Waals surface area contributed by atoms with Gasteiger partial charge in [-0.1, -0.05) is 39.5 Å². The van der Waals surface area contributed by atoms with Crippen molar-refractivity contribution >= 4 is 28.3 Å². The molecule has 0 N–H and O–H groups in total. The second kappa shape index (κ2) is 7.81. The average molecular weight is 335 g/mol. The number of nitro groups is 1. The van der Waals surface area contributed by atoms with Gasteiger partial charge in [0.1, 0.15) is 0 Å². The molecule has 1 aliphatic rings. The van der Waals surface area contributed by atoms with Crippen molar-refractivity contribution < 1.29 is 4.92 Å². The fourth-order valence-corrected chi connectivity index (χ4v) is 3.93. The van der Waals surface area contributed by atoms with Crippen LogP contribution in [-0.4, -0.2) is 33.3 Å². The van der Waals surface area contributed by atoms with Gasteiger partial charge in [0.25, 0.3) is 5.69 Å². The number of nitro benzene ring substituents is 1. The van der Waals surface area contributed by atoms with E-state index in [4.69, 9.17) is 4.99 Å². The van der Waals surface area contributed by atoms with Gasteiger partial charge in [0.15, 0.2) is 5.17 Å². The molecule has 1 unspecified atom stereocenters. The first-order valence-electron chi connectivity index (χ1n) is 8.09. The van der Waals surface area contributed by atoms with Crippen LogP contribution >= 0.6 is 11.8 Å². The Bertz CT molecular complexity index is 570. The van der Waals surface area contributed by atoms with Crippen LogP contribution in [0.5, 0.6) is 0 Å². The second-order valence-corrected chi connectivity index (χ2v) is 7.80. The SMILES string of the molecule is CC(C)CC1CSC(=Nc2ccc([N+](=O)[O-])cc2)N1CC(C)C. The summed E-state index contributed by atoms with van der Waals surface area (Å²) in [5.74, 6) is 2.30. The molecule has 126 valence electrons. The van der Waals surface area contributed by atoms with E-state index in [9.17, 15) is 10.1 Å². The van der Waals surface area contributed by atoms with E-state index in [0.717, 1.165) is 23.2 Å². The van der Waals surface area contributed by atoms with Crippen molar-refractivity contribution in [2.24, 2.45) is 16.8 Å². The molecule has 23 heavy (non-hydrogen) atoms. The van der Waals surface area contributed by atoms with Gasteiger partial charge in [0.2, 0.25) is 0 Å². The van der Waals surface area contributed by atoms with Gasteiger partial charge in [-0.25, -0.2) is 4.99 Å². The van der Waals surface area contributed by atoms with Crippen molar-refractivity contribution in [2.45, 2.75) is 40.2 Å². The van der Waals surface area contributed by atoms with Gasteiger partial charge in [-0.3, -0.25) is 10.1 Å². The molecule has 0 amide bonds. The lowest BCUT2D eigenvalue weighted by Crippen LogP contribution is -2.37. The van der Waals surface area contributed by atoms with Crippen molar-refractivity contribution in [2.75, 3.05) is 12.3 Å². The van der Waals surface area contributed by atoms with Crippen molar-refractivity contribution in [3.05, 3.63) is 34.4 Å². The maximum absolute atomic E-state index is 10.7. The highest BCUT2D eigenvalue weighted by molar-refractivity contribution is 8.14. The lowest BCUT2D eigenvalue weighted by atomic mass is 10.0. The number of rotatable bonds is 6. The van der Waals surface area contributed by atoms with Crippen LogP contribution in [0, 0.1) is 22.0 Å². The summed E-state index contributed by atoms with van der Waals surface area (Å²) in [6, 6.07) is 6.98. The Labute approximate surface area is 142 Å². The molecule has 0 aromatic heterocycles. The number of thioether (sulfide) groups is 1. The molecule has 1 aromatic rings. The van der Waals surface area contributed by atoms with Gasteiger partial charge >= 0.3 is 0 Å². The largest absolute Gasteiger partial charge is 0.347 e. The Morgan fingerprint density at radius 2 is 1.91 bits per heavy atom. The summed E-state index contributed by atoms with van der Waals surface area (Å²) in [5, 5.41) is 11.8. The first-order chi connectivity index (χ1) is 10.9. The monoisotopic (exact) mass is 335 g/mol. The quantitative estimate of drug-likeness (QED) is 0.558.